The number of rotatable bonds is 7. The minimum Gasteiger partial charge on any atom is -0.496 e. The van der Waals surface area contributed by atoms with Crippen molar-refractivity contribution < 1.29 is 28.6 Å². The molecule has 0 fully saturated rings. The molecule has 0 unspecified atom stereocenters. The quantitative estimate of drug-likeness (QED) is 0.283. The second-order valence-electron chi connectivity index (χ2n) is 12.4. The maximum Gasteiger partial charge on any atom is 0.425 e. The van der Waals surface area contributed by atoms with Gasteiger partial charge in [-0.15, -0.1) is 0 Å². The number of carbonyl (C=O) groups is 3. The van der Waals surface area contributed by atoms with E-state index in [0.717, 1.165) is 27.3 Å². The Hall–Kier alpha value is -3.73. The van der Waals surface area contributed by atoms with Gasteiger partial charge in [-0.25, -0.2) is 14.6 Å². The zero-order chi connectivity index (χ0) is 32.4. The molecule has 0 spiro atoms. The van der Waals surface area contributed by atoms with Crippen LogP contribution in [0.4, 0.5) is 15.4 Å². The number of nitrogens with one attached hydrogen (secondary N) is 1. The van der Waals surface area contributed by atoms with Crippen LogP contribution < -0.4 is 15.0 Å². The molecule has 10 nitrogen and oxygen atoms in total. The number of methoxy groups -OCH3 is 1. The van der Waals surface area contributed by atoms with Crippen LogP contribution in [0.1, 0.15) is 74.3 Å². The lowest BCUT2D eigenvalue weighted by molar-refractivity contribution is 0.0428. The fourth-order valence-corrected chi connectivity index (χ4v) is 4.93. The first kappa shape index (κ1) is 33.8. The van der Waals surface area contributed by atoms with E-state index in [1.54, 1.807) is 65.0 Å². The molecule has 11 heteroatoms. The van der Waals surface area contributed by atoms with Crippen LogP contribution in [0.3, 0.4) is 0 Å². The average molecular weight is 613 g/mol. The van der Waals surface area contributed by atoms with Crippen molar-refractivity contribution in [2.24, 2.45) is 0 Å². The molecule has 0 aliphatic heterocycles. The van der Waals surface area contributed by atoms with E-state index in [9.17, 15) is 14.4 Å². The summed E-state index contributed by atoms with van der Waals surface area (Å²) in [4.78, 5) is 47.8. The summed E-state index contributed by atoms with van der Waals surface area (Å²) in [5, 5.41) is 3.43. The third kappa shape index (κ3) is 7.44. The summed E-state index contributed by atoms with van der Waals surface area (Å²) in [7, 11) is 1.57. The van der Waals surface area contributed by atoms with Crippen LogP contribution in [0.2, 0.25) is 0 Å². The number of thioether (sulfide) groups is 1. The number of benzene rings is 1. The van der Waals surface area contributed by atoms with Crippen LogP contribution in [-0.4, -0.2) is 64.5 Å². The maximum atomic E-state index is 14.1. The first-order valence-corrected chi connectivity index (χ1v) is 15.5. The minimum absolute atomic E-state index is 0.0305. The number of aromatic nitrogens is 2. The van der Waals surface area contributed by atoms with Crippen molar-refractivity contribution in [1.29, 1.82) is 0 Å². The zero-order valence-corrected chi connectivity index (χ0v) is 28.2. The highest BCUT2D eigenvalue weighted by Gasteiger charge is 2.40. The number of fused-ring (bicyclic) bond motifs is 1. The Morgan fingerprint density at radius 1 is 0.953 bits per heavy atom. The minimum atomic E-state index is -0.990. The molecule has 1 aromatic carbocycles. The number of anilines is 1. The molecule has 0 saturated heterocycles. The highest BCUT2D eigenvalue weighted by Crippen LogP contribution is 2.41. The highest BCUT2D eigenvalue weighted by atomic mass is 32.2. The number of aryl methyl sites for hydroxylation is 3. The van der Waals surface area contributed by atoms with Gasteiger partial charge in [-0.05, 0) is 98.8 Å². The smallest absolute Gasteiger partial charge is 0.425 e. The van der Waals surface area contributed by atoms with Crippen LogP contribution in [0.25, 0.3) is 16.7 Å². The summed E-state index contributed by atoms with van der Waals surface area (Å²) in [6.45, 7) is 18.1. The first-order chi connectivity index (χ1) is 19.9. The Morgan fingerprint density at radius 2 is 1.53 bits per heavy atom. The summed E-state index contributed by atoms with van der Waals surface area (Å²) in [5.41, 5.74) is 2.29. The van der Waals surface area contributed by atoms with Crippen molar-refractivity contribution in [3.05, 3.63) is 46.1 Å². The molecule has 0 radical (unpaired) electrons. The van der Waals surface area contributed by atoms with Gasteiger partial charge in [-0.2, -0.15) is 16.7 Å². The van der Waals surface area contributed by atoms with Crippen molar-refractivity contribution in [3.8, 4) is 11.4 Å². The third-order valence-corrected chi connectivity index (χ3v) is 7.18. The zero-order valence-electron chi connectivity index (χ0n) is 27.3. The lowest BCUT2D eigenvalue weighted by Crippen LogP contribution is -2.45. The molecule has 2 aromatic heterocycles. The number of amides is 3. The third-order valence-electron chi connectivity index (χ3n) is 6.57. The van der Waals surface area contributed by atoms with Gasteiger partial charge in [0.25, 0.3) is 5.91 Å². The van der Waals surface area contributed by atoms with E-state index in [-0.39, 0.29) is 11.4 Å². The molecule has 2 heterocycles. The molecular weight excluding hydrogens is 568 g/mol. The largest absolute Gasteiger partial charge is 0.496 e. The molecular formula is C32H44N4O6S. The molecule has 234 valence electrons. The number of hydrogen-bond donors (Lipinski definition) is 1. The van der Waals surface area contributed by atoms with Crippen LogP contribution in [-0.2, 0) is 9.47 Å². The van der Waals surface area contributed by atoms with E-state index in [4.69, 9.17) is 19.2 Å². The molecule has 1 N–H and O–H groups in total. The molecule has 0 aliphatic rings. The Balaban J connectivity index is 2.61. The second-order valence-corrected chi connectivity index (χ2v) is 13.4. The Labute approximate surface area is 258 Å². The van der Waals surface area contributed by atoms with Crippen LogP contribution in [0.5, 0.6) is 5.75 Å². The molecule has 0 aliphatic carbocycles. The molecule has 3 rings (SSSR count). The predicted molar refractivity (Wildman–Crippen MR) is 172 cm³/mol. The number of hydrogen-bond acceptors (Lipinski definition) is 8. The van der Waals surface area contributed by atoms with E-state index in [1.165, 1.54) is 0 Å². The Bertz CT molecular complexity index is 1520. The Kier molecular flexibility index (Phi) is 10.1. The summed E-state index contributed by atoms with van der Waals surface area (Å²) >= 11 is 1.59. The topological polar surface area (TPSA) is 112 Å². The second kappa shape index (κ2) is 12.9. The average Bonchev–Trinajstić information content (AvgIpc) is 3.15. The van der Waals surface area contributed by atoms with Gasteiger partial charge < -0.3 is 19.5 Å². The van der Waals surface area contributed by atoms with Crippen LogP contribution in [0, 0.1) is 27.7 Å². The van der Waals surface area contributed by atoms with Gasteiger partial charge in [0, 0.05) is 28.9 Å². The number of pyridine rings is 1. The fourth-order valence-electron chi connectivity index (χ4n) is 4.63. The van der Waals surface area contributed by atoms with Crippen molar-refractivity contribution in [3.63, 3.8) is 0 Å². The highest BCUT2D eigenvalue weighted by molar-refractivity contribution is 7.98. The maximum absolute atomic E-state index is 14.1. The molecule has 0 bridgehead atoms. The van der Waals surface area contributed by atoms with Gasteiger partial charge in [-0.3, -0.25) is 9.36 Å². The van der Waals surface area contributed by atoms with Gasteiger partial charge in [0.05, 0.1) is 18.4 Å². The Morgan fingerprint density at radius 3 is 2.05 bits per heavy atom. The number of ether oxygens (including phenoxy) is 3. The SMILES string of the molecule is COc1ccc(C)c(-n2c(N(C(=O)OC(C)(C)C)C(=O)OC(C)(C)C)c(C(=O)NCCSC)c3cc(C)c(C)nc32)c1C. The molecule has 3 aromatic rings. The monoisotopic (exact) mass is 612 g/mol. The number of nitrogens with zero attached hydrogens (tertiary/aromatic N) is 3. The van der Waals surface area contributed by atoms with Gasteiger partial charge in [0.2, 0.25) is 0 Å². The molecule has 3 amide bonds. The van der Waals surface area contributed by atoms with E-state index >= 15 is 0 Å². The fraction of sp³-hybridized carbons (Fsp3) is 0.500. The summed E-state index contributed by atoms with van der Waals surface area (Å²) < 4.78 is 18.8. The van der Waals surface area contributed by atoms with Gasteiger partial charge in [0.1, 0.15) is 28.4 Å². The van der Waals surface area contributed by atoms with Crippen molar-refractivity contribution in [2.45, 2.75) is 80.4 Å². The van der Waals surface area contributed by atoms with E-state index in [1.807, 2.05) is 52.1 Å². The van der Waals surface area contributed by atoms with E-state index in [2.05, 4.69) is 5.32 Å². The van der Waals surface area contributed by atoms with E-state index in [0.29, 0.717) is 34.8 Å². The van der Waals surface area contributed by atoms with Crippen molar-refractivity contribution >= 4 is 46.7 Å². The number of imide groups is 1. The van der Waals surface area contributed by atoms with E-state index < -0.39 is 29.3 Å². The first-order valence-electron chi connectivity index (χ1n) is 14.1. The molecule has 43 heavy (non-hydrogen) atoms. The lowest BCUT2D eigenvalue weighted by atomic mass is 10.1. The van der Waals surface area contributed by atoms with Crippen molar-refractivity contribution in [2.75, 3.05) is 30.6 Å². The van der Waals surface area contributed by atoms with Crippen LogP contribution in [0.15, 0.2) is 18.2 Å². The van der Waals surface area contributed by atoms with Crippen molar-refractivity contribution in [1.82, 2.24) is 14.9 Å². The predicted octanol–water partition coefficient (Wildman–Crippen LogP) is 7.04. The van der Waals surface area contributed by atoms with Gasteiger partial charge in [0.15, 0.2) is 0 Å². The summed E-state index contributed by atoms with van der Waals surface area (Å²) in [6, 6.07) is 5.58. The molecule has 0 saturated carbocycles. The van der Waals surface area contributed by atoms with Gasteiger partial charge in [-0.1, -0.05) is 6.07 Å². The normalized spacial score (nSPS) is 11.8. The standard InChI is InChI=1S/C32H44N4O6S/c1-18-13-14-23(40-11)20(3)25(18)35-26-22(17-19(2)21(4)34-26)24(27(37)33-15-16-43-12)28(35)36(29(38)41-31(5,6)7)30(39)42-32(8,9)10/h13-14,17H,15-16H2,1-12H3,(H,33,37). The van der Waals surface area contributed by atoms with Gasteiger partial charge >= 0.3 is 12.2 Å². The lowest BCUT2D eigenvalue weighted by Gasteiger charge is -2.30. The summed E-state index contributed by atoms with van der Waals surface area (Å²) in [6.07, 6.45) is -0.0353. The molecule has 0 atom stereocenters. The summed E-state index contributed by atoms with van der Waals surface area (Å²) in [5.74, 6) is 0.765. The number of carbonyl (C=O) groups excluding carboxylic acids is 3. The van der Waals surface area contributed by atoms with Crippen LogP contribution >= 0.6 is 11.8 Å².